The summed E-state index contributed by atoms with van der Waals surface area (Å²) >= 11 is 1.64. The minimum Gasteiger partial charge on any atom is -0.375 e. The Morgan fingerprint density at radius 3 is 2.71 bits per heavy atom. The number of methoxy groups -OCH3 is 1. The first-order valence-corrected chi connectivity index (χ1v) is 9.04. The first-order chi connectivity index (χ1) is 11.0. The predicted molar refractivity (Wildman–Crippen MR) is 114 cm³/mol. The average Bonchev–Trinajstić information content (AvgIpc) is 3.01. The van der Waals surface area contributed by atoms with Gasteiger partial charge < -0.3 is 19.9 Å². The fourth-order valence-electron chi connectivity index (χ4n) is 1.96. The number of likely N-dealkylation sites (N-methyl/N-ethyl adjacent to an activating group) is 1. The summed E-state index contributed by atoms with van der Waals surface area (Å²) in [7, 11) is 5.87. The van der Waals surface area contributed by atoms with Gasteiger partial charge >= 0.3 is 0 Å². The van der Waals surface area contributed by atoms with Gasteiger partial charge in [-0.15, -0.1) is 35.3 Å². The zero-order valence-corrected chi connectivity index (χ0v) is 18.9. The highest BCUT2D eigenvalue weighted by molar-refractivity contribution is 14.0. The van der Waals surface area contributed by atoms with Gasteiger partial charge in [-0.2, -0.15) is 0 Å². The van der Waals surface area contributed by atoms with Gasteiger partial charge in [-0.25, -0.2) is 4.98 Å². The number of rotatable bonds is 9. The molecule has 0 aliphatic rings. The van der Waals surface area contributed by atoms with Crippen LogP contribution in [0.5, 0.6) is 0 Å². The maximum atomic E-state index is 5.32. The van der Waals surface area contributed by atoms with Crippen molar-refractivity contribution in [2.24, 2.45) is 4.99 Å². The lowest BCUT2D eigenvalue weighted by atomic mass is 10.4. The zero-order chi connectivity index (χ0) is 17.2. The fourth-order valence-corrected chi connectivity index (χ4v) is 2.80. The van der Waals surface area contributed by atoms with E-state index in [2.05, 4.69) is 46.4 Å². The molecule has 1 aromatic heterocycles. The Bertz CT molecular complexity index is 483. The molecular formula is C16H32IN5OS. The van der Waals surface area contributed by atoms with Crippen LogP contribution in [0, 0.1) is 0 Å². The van der Waals surface area contributed by atoms with Crippen LogP contribution in [0.2, 0.25) is 0 Å². The summed E-state index contributed by atoms with van der Waals surface area (Å²) in [5.41, 5.74) is 1.05. The van der Waals surface area contributed by atoms with Crippen molar-refractivity contribution in [3.05, 3.63) is 16.1 Å². The molecular weight excluding hydrogens is 437 g/mol. The summed E-state index contributed by atoms with van der Waals surface area (Å²) in [6.07, 6.45) is 0.0468. The van der Waals surface area contributed by atoms with Gasteiger partial charge in [-0.05, 0) is 27.4 Å². The third-order valence-electron chi connectivity index (χ3n) is 3.65. The van der Waals surface area contributed by atoms with Gasteiger partial charge in [0.25, 0.3) is 0 Å². The van der Waals surface area contributed by atoms with Crippen LogP contribution in [0.15, 0.2) is 10.4 Å². The quantitative estimate of drug-likeness (QED) is 0.343. The Morgan fingerprint density at radius 1 is 1.42 bits per heavy atom. The first kappa shape index (κ1) is 23.5. The van der Waals surface area contributed by atoms with Crippen molar-refractivity contribution in [2.45, 2.75) is 33.4 Å². The van der Waals surface area contributed by atoms with E-state index in [-0.39, 0.29) is 30.1 Å². The highest BCUT2D eigenvalue weighted by Crippen LogP contribution is 2.20. The molecule has 0 fully saturated rings. The zero-order valence-electron chi connectivity index (χ0n) is 15.7. The summed E-state index contributed by atoms with van der Waals surface area (Å²) in [4.78, 5) is 13.7. The summed E-state index contributed by atoms with van der Waals surface area (Å²) < 4.78 is 5.32. The fraction of sp³-hybridized carbons (Fsp3) is 0.750. The molecule has 0 spiro atoms. The summed E-state index contributed by atoms with van der Waals surface area (Å²) in [5.74, 6) is 0.923. The molecule has 6 nitrogen and oxygen atoms in total. The molecule has 8 heteroatoms. The molecule has 1 N–H and O–H groups in total. The first-order valence-electron chi connectivity index (χ1n) is 8.16. The summed E-state index contributed by atoms with van der Waals surface area (Å²) in [6, 6.07) is 0. The molecule has 24 heavy (non-hydrogen) atoms. The van der Waals surface area contributed by atoms with Crippen molar-refractivity contribution in [3.63, 3.8) is 0 Å². The number of guanidine groups is 1. The van der Waals surface area contributed by atoms with Crippen molar-refractivity contribution < 1.29 is 4.74 Å². The highest BCUT2D eigenvalue weighted by Gasteiger charge is 2.12. The van der Waals surface area contributed by atoms with E-state index >= 15 is 0 Å². The lowest BCUT2D eigenvalue weighted by molar-refractivity contribution is 0.119. The van der Waals surface area contributed by atoms with E-state index in [9.17, 15) is 0 Å². The molecule has 1 unspecified atom stereocenters. The third kappa shape index (κ3) is 8.09. The Kier molecular flexibility index (Phi) is 12.6. The van der Waals surface area contributed by atoms with Crippen molar-refractivity contribution in [1.29, 1.82) is 0 Å². The predicted octanol–water partition coefficient (Wildman–Crippen LogP) is 2.82. The van der Waals surface area contributed by atoms with E-state index in [1.54, 1.807) is 18.4 Å². The molecule has 1 atom stereocenters. The number of aromatic nitrogens is 1. The number of thiazole rings is 1. The highest BCUT2D eigenvalue weighted by atomic mass is 127. The third-order valence-corrected chi connectivity index (χ3v) is 4.70. The van der Waals surface area contributed by atoms with E-state index in [1.807, 2.05) is 14.0 Å². The molecule has 0 aliphatic carbocycles. The second kappa shape index (κ2) is 12.8. The van der Waals surface area contributed by atoms with Crippen molar-refractivity contribution in [3.8, 4) is 0 Å². The number of nitrogens with one attached hydrogen (secondary N) is 1. The number of hydrogen-bond donors (Lipinski definition) is 1. The Labute approximate surface area is 167 Å². The van der Waals surface area contributed by atoms with Crippen LogP contribution >= 0.6 is 35.3 Å². The van der Waals surface area contributed by atoms with E-state index in [0.29, 0.717) is 0 Å². The van der Waals surface area contributed by atoms with Crippen molar-refractivity contribution in [1.82, 2.24) is 20.1 Å². The second-order valence-corrected chi connectivity index (χ2v) is 6.43. The van der Waals surface area contributed by atoms with Crippen molar-refractivity contribution >= 4 is 41.3 Å². The Morgan fingerprint density at radius 2 is 2.12 bits per heavy atom. The summed E-state index contributed by atoms with van der Waals surface area (Å²) in [6.45, 7) is 10.7. The van der Waals surface area contributed by atoms with Gasteiger partial charge in [0.05, 0.1) is 18.8 Å². The molecule has 140 valence electrons. The van der Waals surface area contributed by atoms with Crippen LogP contribution < -0.4 is 5.32 Å². The average molecular weight is 469 g/mol. The van der Waals surface area contributed by atoms with E-state index in [0.717, 1.165) is 49.4 Å². The van der Waals surface area contributed by atoms with Crippen LogP contribution in [-0.2, 0) is 11.3 Å². The monoisotopic (exact) mass is 469 g/mol. The number of nitrogens with zero attached hydrogens (tertiary/aromatic N) is 4. The van der Waals surface area contributed by atoms with Gasteiger partial charge in [0, 0.05) is 32.6 Å². The Balaban J connectivity index is 0.00000529. The molecule has 0 aromatic carbocycles. The standard InChI is InChI=1S/C16H31N5OS.HI/c1-7-17-16(18-9-10-20(4)8-2)21(5)11-14-12-23-15(19-14)13(3)22-6;/h12-13H,7-11H2,1-6H3,(H,17,18);1H. The van der Waals surface area contributed by atoms with Gasteiger partial charge in [0.15, 0.2) is 5.96 Å². The normalized spacial score (nSPS) is 12.9. The number of ether oxygens (including phenoxy) is 1. The van der Waals surface area contributed by atoms with Gasteiger partial charge in [0.1, 0.15) is 11.1 Å². The van der Waals surface area contributed by atoms with E-state index in [1.165, 1.54) is 0 Å². The molecule has 0 bridgehead atoms. The van der Waals surface area contributed by atoms with E-state index < -0.39 is 0 Å². The second-order valence-electron chi connectivity index (χ2n) is 5.54. The number of halogens is 1. The van der Waals surface area contributed by atoms with Gasteiger partial charge in [-0.1, -0.05) is 6.92 Å². The molecule has 0 saturated carbocycles. The largest absolute Gasteiger partial charge is 0.375 e. The minimum absolute atomic E-state index is 0. The van der Waals surface area contributed by atoms with Gasteiger partial charge in [-0.3, -0.25) is 4.99 Å². The lowest BCUT2D eigenvalue weighted by Gasteiger charge is -2.21. The summed E-state index contributed by atoms with van der Waals surface area (Å²) in [5, 5.41) is 6.45. The molecule has 0 saturated heterocycles. The van der Waals surface area contributed by atoms with Crippen LogP contribution in [0.25, 0.3) is 0 Å². The molecule has 1 aromatic rings. The molecule has 0 aliphatic heterocycles. The van der Waals surface area contributed by atoms with Crippen LogP contribution in [0.1, 0.15) is 37.6 Å². The topological polar surface area (TPSA) is 53.0 Å². The van der Waals surface area contributed by atoms with Crippen LogP contribution in [0.4, 0.5) is 0 Å². The molecule has 0 radical (unpaired) electrons. The number of aliphatic imine (C=N–C) groups is 1. The maximum Gasteiger partial charge on any atom is 0.194 e. The molecule has 0 amide bonds. The van der Waals surface area contributed by atoms with Crippen molar-refractivity contribution in [2.75, 3.05) is 47.4 Å². The van der Waals surface area contributed by atoms with E-state index in [4.69, 9.17) is 9.73 Å². The number of hydrogen-bond acceptors (Lipinski definition) is 5. The Hall–Kier alpha value is -0.450. The minimum atomic E-state index is 0. The SMILES string of the molecule is CCNC(=NCCN(C)CC)N(C)Cc1csc(C(C)OC)n1.I. The smallest absolute Gasteiger partial charge is 0.194 e. The molecule has 1 heterocycles. The van der Waals surface area contributed by atoms with Gasteiger partial charge in [0.2, 0.25) is 0 Å². The molecule has 1 rings (SSSR count). The maximum absolute atomic E-state index is 5.32. The van der Waals surface area contributed by atoms with Crippen LogP contribution in [-0.4, -0.2) is 68.1 Å². The van der Waals surface area contributed by atoms with Crippen LogP contribution in [0.3, 0.4) is 0 Å². The lowest BCUT2D eigenvalue weighted by Crippen LogP contribution is -2.39.